The number of ketones is 1. The molecule has 0 saturated heterocycles. The molecule has 0 amide bonds. The Kier molecular flexibility index (Phi) is 4.66. The van der Waals surface area contributed by atoms with Gasteiger partial charge in [0, 0.05) is 16.6 Å². The van der Waals surface area contributed by atoms with E-state index in [1.807, 2.05) is 39.0 Å². The van der Waals surface area contributed by atoms with Gasteiger partial charge < -0.3 is 0 Å². The van der Waals surface area contributed by atoms with Crippen molar-refractivity contribution in [1.29, 1.82) is 0 Å². The third kappa shape index (κ3) is 2.81. The lowest BCUT2D eigenvalue weighted by Crippen LogP contribution is -2.11. The van der Waals surface area contributed by atoms with Gasteiger partial charge in [-0.05, 0) is 42.3 Å². The molecule has 0 fully saturated rings. The van der Waals surface area contributed by atoms with Crippen LogP contribution in [-0.4, -0.2) is 15.6 Å². The van der Waals surface area contributed by atoms with Crippen molar-refractivity contribution >= 4 is 33.3 Å². The number of Topliss-reactive ketones (excluding diaryl/α,β-unsaturated/α-hetero) is 1. The Hall–Kier alpha value is -1.13. The Morgan fingerprint density at radius 1 is 1.40 bits per heavy atom. The summed E-state index contributed by atoms with van der Waals surface area (Å²) in [6, 6.07) is 5.68. The van der Waals surface area contributed by atoms with E-state index in [0.29, 0.717) is 17.1 Å². The molecule has 0 unspecified atom stereocenters. The van der Waals surface area contributed by atoms with Crippen molar-refractivity contribution in [3.63, 3.8) is 0 Å². The van der Waals surface area contributed by atoms with Gasteiger partial charge in [0.05, 0.1) is 22.8 Å². The lowest BCUT2D eigenvalue weighted by atomic mass is 10.0. The quantitative estimate of drug-likeness (QED) is 0.764. The number of benzene rings is 1. The maximum atomic E-state index is 12.5. The zero-order valence-electron chi connectivity index (χ0n) is 11.7. The number of carbonyl (C=O) groups excluding carboxylic acids is 1. The molecule has 0 N–H and O–H groups in total. The minimum atomic E-state index is 0.0390. The fraction of sp³-hybridized carbons (Fsp3) is 0.333. The summed E-state index contributed by atoms with van der Waals surface area (Å²) in [5.41, 5.74) is 3.27. The van der Waals surface area contributed by atoms with Crippen LogP contribution in [0.3, 0.4) is 0 Å². The second kappa shape index (κ2) is 6.10. The molecule has 0 radical (unpaired) electrons. The van der Waals surface area contributed by atoms with E-state index in [9.17, 15) is 4.79 Å². The van der Waals surface area contributed by atoms with Gasteiger partial charge in [-0.2, -0.15) is 5.10 Å². The number of aryl methyl sites for hydroxylation is 3. The third-order valence-electron chi connectivity index (χ3n) is 3.27. The van der Waals surface area contributed by atoms with Crippen LogP contribution in [0.2, 0.25) is 5.02 Å². The van der Waals surface area contributed by atoms with Gasteiger partial charge in [0.2, 0.25) is 0 Å². The van der Waals surface area contributed by atoms with Gasteiger partial charge in [-0.15, -0.1) is 0 Å². The molecule has 5 heteroatoms. The SMILES string of the molecule is CCn1nc(C)c(Cl)c1CC(=O)c1cccc(C)c1Br. The highest BCUT2D eigenvalue weighted by molar-refractivity contribution is 9.10. The molecule has 2 rings (SSSR count). The molecule has 20 heavy (non-hydrogen) atoms. The summed E-state index contributed by atoms with van der Waals surface area (Å²) in [6.45, 7) is 6.50. The average molecular weight is 356 g/mol. The summed E-state index contributed by atoms with van der Waals surface area (Å²) >= 11 is 9.73. The van der Waals surface area contributed by atoms with E-state index in [4.69, 9.17) is 11.6 Å². The predicted octanol–water partition coefficient (Wildman–Crippen LogP) is 4.36. The summed E-state index contributed by atoms with van der Waals surface area (Å²) in [5, 5.41) is 4.92. The number of nitrogens with zero attached hydrogens (tertiary/aromatic N) is 2. The average Bonchev–Trinajstić information content (AvgIpc) is 2.69. The van der Waals surface area contributed by atoms with Crippen LogP contribution >= 0.6 is 27.5 Å². The number of carbonyl (C=O) groups is 1. The molecule has 0 saturated carbocycles. The number of aromatic nitrogens is 2. The smallest absolute Gasteiger partial charge is 0.169 e. The van der Waals surface area contributed by atoms with E-state index >= 15 is 0 Å². The van der Waals surface area contributed by atoms with E-state index in [1.165, 1.54) is 0 Å². The lowest BCUT2D eigenvalue weighted by molar-refractivity contribution is 0.0989. The molecule has 0 aliphatic rings. The molecule has 2 aromatic rings. The molecular formula is C15H16BrClN2O. The van der Waals surface area contributed by atoms with Gasteiger partial charge in [-0.25, -0.2) is 0 Å². The van der Waals surface area contributed by atoms with Crippen LogP contribution in [0.1, 0.15) is 34.2 Å². The lowest BCUT2D eigenvalue weighted by Gasteiger charge is -2.08. The molecule has 3 nitrogen and oxygen atoms in total. The largest absolute Gasteiger partial charge is 0.294 e. The third-order valence-corrected chi connectivity index (χ3v) is 4.82. The van der Waals surface area contributed by atoms with Crippen molar-refractivity contribution in [3.8, 4) is 0 Å². The van der Waals surface area contributed by atoms with Crippen molar-refractivity contribution in [2.75, 3.05) is 0 Å². The first-order valence-electron chi connectivity index (χ1n) is 6.45. The van der Waals surface area contributed by atoms with E-state index in [-0.39, 0.29) is 12.2 Å². The summed E-state index contributed by atoms with van der Waals surface area (Å²) in [5.74, 6) is 0.0390. The van der Waals surface area contributed by atoms with Gasteiger partial charge >= 0.3 is 0 Å². The molecule has 1 heterocycles. The van der Waals surface area contributed by atoms with E-state index < -0.39 is 0 Å². The summed E-state index contributed by atoms with van der Waals surface area (Å²) in [6.07, 6.45) is 0.259. The van der Waals surface area contributed by atoms with Crippen LogP contribution in [0.4, 0.5) is 0 Å². The topological polar surface area (TPSA) is 34.9 Å². The second-order valence-electron chi connectivity index (χ2n) is 4.70. The van der Waals surface area contributed by atoms with Crippen LogP contribution in [0.25, 0.3) is 0 Å². The van der Waals surface area contributed by atoms with E-state index in [0.717, 1.165) is 21.4 Å². The van der Waals surface area contributed by atoms with Gasteiger partial charge in [0.1, 0.15) is 0 Å². The summed E-state index contributed by atoms with van der Waals surface area (Å²) < 4.78 is 2.64. The zero-order valence-corrected chi connectivity index (χ0v) is 14.0. The number of halogens is 2. The Balaban J connectivity index is 2.35. The maximum absolute atomic E-state index is 12.5. The Labute approximate surface area is 132 Å². The minimum absolute atomic E-state index is 0.0390. The Morgan fingerprint density at radius 3 is 2.75 bits per heavy atom. The first kappa shape index (κ1) is 15.3. The number of hydrogen-bond acceptors (Lipinski definition) is 2. The summed E-state index contributed by atoms with van der Waals surface area (Å²) in [7, 11) is 0. The highest BCUT2D eigenvalue weighted by Gasteiger charge is 2.18. The Bertz CT molecular complexity index is 664. The molecule has 0 atom stereocenters. The highest BCUT2D eigenvalue weighted by Crippen LogP contribution is 2.25. The molecule has 0 aliphatic heterocycles. The van der Waals surface area contributed by atoms with Gasteiger partial charge in [0.25, 0.3) is 0 Å². The fourth-order valence-corrected chi connectivity index (χ4v) is 2.84. The molecule has 1 aromatic carbocycles. The minimum Gasteiger partial charge on any atom is -0.294 e. The molecule has 0 spiro atoms. The van der Waals surface area contributed by atoms with Crippen molar-refractivity contribution in [2.45, 2.75) is 33.7 Å². The normalized spacial score (nSPS) is 10.8. The van der Waals surface area contributed by atoms with Gasteiger partial charge in [-0.1, -0.05) is 29.8 Å². The standard InChI is InChI=1S/C15H16BrClN2O/c1-4-19-12(15(17)10(3)18-19)8-13(20)11-7-5-6-9(2)14(11)16/h5-7H,4,8H2,1-3H3. The molecule has 0 aliphatic carbocycles. The van der Waals surface area contributed by atoms with Crippen LogP contribution in [0, 0.1) is 13.8 Å². The van der Waals surface area contributed by atoms with Crippen LogP contribution < -0.4 is 0 Å². The molecule has 106 valence electrons. The van der Waals surface area contributed by atoms with Gasteiger partial charge in [-0.3, -0.25) is 9.48 Å². The molecule has 0 bridgehead atoms. The van der Waals surface area contributed by atoms with Crippen LogP contribution in [-0.2, 0) is 13.0 Å². The van der Waals surface area contributed by atoms with Crippen molar-refractivity contribution < 1.29 is 4.79 Å². The van der Waals surface area contributed by atoms with Gasteiger partial charge in [0.15, 0.2) is 5.78 Å². The molecular weight excluding hydrogens is 340 g/mol. The summed E-state index contributed by atoms with van der Waals surface area (Å²) in [4.78, 5) is 12.5. The van der Waals surface area contributed by atoms with Crippen LogP contribution in [0.5, 0.6) is 0 Å². The monoisotopic (exact) mass is 354 g/mol. The zero-order chi connectivity index (χ0) is 14.9. The number of hydrogen-bond donors (Lipinski definition) is 0. The fourth-order valence-electron chi connectivity index (χ4n) is 2.15. The Morgan fingerprint density at radius 2 is 2.10 bits per heavy atom. The highest BCUT2D eigenvalue weighted by atomic mass is 79.9. The van der Waals surface area contributed by atoms with E-state index in [2.05, 4.69) is 21.0 Å². The van der Waals surface area contributed by atoms with Crippen molar-refractivity contribution in [3.05, 3.63) is 50.2 Å². The first-order chi connectivity index (χ1) is 9.45. The second-order valence-corrected chi connectivity index (χ2v) is 5.87. The van der Waals surface area contributed by atoms with Crippen molar-refractivity contribution in [2.24, 2.45) is 0 Å². The molecule has 1 aromatic heterocycles. The predicted molar refractivity (Wildman–Crippen MR) is 84.6 cm³/mol. The maximum Gasteiger partial charge on any atom is 0.169 e. The van der Waals surface area contributed by atoms with Crippen molar-refractivity contribution in [1.82, 2.24) is 9.78 Å². The van der Waals surface area contributed by atoms with Crippen LogP contribution in [0.15, 0.2) is 22.7 Å². The van der Waals surface area contributed by atoms with E-state index in [1.54, 1.807) is 4.68 Å². The number of rotatable bonds is 4. The first-order valence-corrected chi connectivity index (χ1v) is 7.62.